The van der Waals surface area contributed by atoms with Crippen LogP contribution in [0.25, 0.3) is 38.1 Å². The van der Waals surface area contributed by atoms with Crippen LogP contribution in [0.4, 0.5) is 0 Å². The fourth-order valence-corrected chi connectivity index (χ4v) is 10.7. The van der Waals surface area contributed by atoms with Crippen molar-refractivity contribution in [1.29, 1.82) is 0 Å². The van der Waals surface area contributed by atoms with Gasteiger partial charge >= 0.3 is 11.7 Å². The third-order valence-corrected chi connectivity index (χ3v) is 14.3. The molecule has 0 aliphatic carbocycles. The Morgan fingerprint density at radius 3 is 2.41 bits per heavy atom. The van der Waals surface area contributed by atoms with Gasteiger partial charge in [-0.05, 0) is 95.0 Å². The lowest BCUT2D eigenvalue weighted by Gasteiger charge is -2.15. The summed E-state index contributed by atoms with van der Waals surface area (Å²) in [5.74, 6) is 1.79. The van der Waals surface area contributed by atoms with E-state index in [1.807, 2.05) is 81.7 Å². The van der Waals surface area contributed by atoms with Crippen LogP contribution in [0.3, 0.4) is 0 Å². The molecule has 0 bridgehead atoms. The SMILES string of the molecule is COC(=O)CC1N=C(c2ccc(Cl)cc2)c2c(sc(C(=O)CCCOCCCC(=O)Cn3c(=O)n(C(C)c4ccccn4)c4c5cc(OC)c(-c6c(C)coc6C)cc5ncc43)c2C)-n2c(C)nnc21. The number of rotatable bonds is 18. The van der Waals surface area contributed by atoms with Crippen LogP contribution < -0.4 is 10.4 Å². The Hall–Kier alpha value is -7.08. The zero-order valence-corrected chi connectivity index (χ0v) is 41.4. The van der Waals surface area contributed by atoms with Crippen LogP contribution in [0.15, 0.2) is 87.5 Å². The summed E-state index contributed by atoms with van der Waals surface area (Å²) in [7, 11) is 2.94. The first-order valence-electron chi connectivity index (χ1n) is 23.0. The number of Topliss-reactive ketones (excluding diaryl/α,β-unsaturated/α-hetero) is 2. The molecule has 2 atom stereocenters. The molecule has 18 heteroatoms. The summed E-state index contributed by atoms with van der Waals surface area (Å²) in [6.45, 7) is 9.98. The predicted molar refractivity (Wildman–Crippen MR) is 267 cm³/mol. The Morgan fingerprint density at radius 1 is 0.943 bits per heavy atom. The standard InChI is InChI=1S/C52H51ClN8O8S/c1-28-27-69-31(4)45(28)37-22-39-36(23-43(37)66-6)48-41(25-55-39)59(52(65)60(48)30(3)38-13-8-9-19-54-38)26-35(62)12-10-20-68-21-11-14-42(63)49-29(2)46-47(33-15-17-34(53)18-16-33)56-40(24-44(64)67-7)50-58-57-32(5)61(50)51(46)70-49/h8-9,13,15-19,22-23,25,27,30,40H,10-12,14,20-21,24,26H2,1-7H3. The van der Waals surface area contributed by atoms with E-state index in [-0.39, 0.29) is 43.1 Å². The molecule has 6 aromatic heterocycles. The van der Waals surface area contributed by atoms with E-state index in [4.69, 9.17) is 40.2 Å². The largest absolute Gasteiger partial charge is 0.496 e. The summed E-state index contributed by atoms with van der Waals surface area (Å²) in [6.07, 6.45) is 6.31. The van der Waals surface area contributed by atoms with Crippen molar-refractivity contribution in [2.75, 3.05) is 27.4 Å². The summed E-state index contributed by atoms with van der Waals surface area (Å²) in [4.78, 5) is 69.6. The van der Waals surface area contributed by atoms with Gasteiger partial charge in [-0.15, -0.1) is 21.5 Å². The minimum atomic E-state index is -0.679. The summed E-state index contributed by atoms with van der Waals surface area (Å²) < 4.78 is 27.6. The normalized spacial score (nSPS) is 13.8. The van der Waals surface area contributed by atoms with Gasteiger partial charge < -0.3 is 18.6 Å². The van der Waals surface area contributed by atoms with Crippen molar-refractivity contribution in [3.05, 3.63) is 139 Å². The molecule has 360 valence electrons. The fourth-order valence-electron chi connectivity index (χ4n) is 9.29. The number of furan rings is 1. The number of ketones is 2. The van der Waals surface area contributed by atoms with Gasteiger partial charge in [0.15, 0.2) is 17.4 Å². The third-order valence-electron chi connectivity index (χ3n) is 12.8. The molecule has 7 heterocycles. The maximum absolute atomic E-state index is 14.5. The molecule has 0 spiro atoms. The van der Waals surface area contributed by atoms with Gasteiger partial charge in [-0.1, -0.05) is 29.8 Å². The second-order valence-electron chi connectivity index (χ2n) is 17.3. The number of pyridine rings is 2. The molecule has 1 aliphatic heterocycles. The van der Waals surface area contributed by atoms with Gasteiger partial charge in [0, 0.05) is 64.9 Å². The van der Waals surface area contributed by atoms with Crippen molar-refractivity contribution < 1.29 is 33.0 Å². The number of esters is 1. The first kappa shape index (κ1) is 48.0. The maximum atomic E-state index is 14.5. The van der Waals surface area contributed by atoms with Crippen LogP contribution in [0, 0.1) is 27.7 Å². The quantitative estimate of drug-likeness (QED) is 0.0451. The average molecular weight is 984 g/mol. The van der Waals surface area contributed by atoms with Crippen molar-refractivity contribution in [2.24, 2.45) is 4.99 Å². The molecule has 9 rings (SSSR count). The summed E-state index contributed by atoms with van der Waals surface area (Å²) in [5, 5.41) is 10.7. The molecule has 0 fully saturated rings. The molecule has 1 aliphatic rings. The second-order valence-corrected chi connectivity index (χ2v) is 18.8. The van der Waals surface area contributed by atoms with Crippen molar-refractivity contribution in [3.8, 4) is 21.9 Å². The van der Waals surface area contributed by atoms with E-state index in [2.05, 4.69) is 15.2 Å². The van der Waals surface area contributed by atoms with Crippen molar-refractivity contribution in [1.82, 2.24) is 33.9 Å². The summed E-state index contributed by atoms with van der Waals surface area (Å²) >= 11 is 7.61. The number of hydrogen-bond acceptors (Lipinski definition) is 14. The third kappa shape index (κ3) is 9.00. The summed E-state index contributed by atoms with van der Waals surface area (Å²) in [5.41, 5.74) is 7.74. The second kappa shape index (κ2) is 20.1. The Bertz CT molecular complexity index is 3380. The Labute approximate surface area is 411 Å². The monoisotopic (exact) mass is 982 g/mol. The number of methoxy groups -OCH3 is 2. The number of carbonyl (C=O) groups is 3. The Kier molecular flexibility index (Phi) is 13.8. The van der Waals surface area contributed by atoms with E-state index in [1.54, 1.807) is 42.5 Å². The number of fused-ring (bicyclic) bond motifs is 6. The van der Waals surface area contributed by atoms with Gasteiger partial charge in [-0.2, -0.15) is 0 Å². The van der Waals surface area contributed by atoms with Crippen LogP contribution >= 0.6 is 22.9 Å². The predicted octanol–water partition coefficient (Wildman–Crippen LogP) is 9.64. The van der Waals surface area contributed by atoms with Crippen LogP contribution in [0.1, 0.15) is 106 Å². The van der Waals surface area contributed by atoms with Crippen molar-refractivity contribution in [2.45, 2.75) is 85.4 Å². The number of imidazole rings is 1. The number of nitrogens with zero attached hydrogens (tertiary/aromatic N) is 8. The van der Waals surface area contributed by atoms with Gasteiger partial charge in [0.05, 0.1) is 78.5 Å². The highest BCUT2D eigenvalue weighted by Crippen LogP contribution is 2.42. The summed E-state index contributed by atoms with van der Waals surface area (Å²) in [6, 6.07) is 15.6. The van der Waals surface area contributed by atoms with E-state index in [0.717, 1.165) is 44.1 Å². The number of aliphatic imine (C=N–C) groups is 1. The molecule has 0 saturated carbocycles. The number of hydrogen-bond donors (Lipinski definition) is 0. The lowest BCUT2D eigenvalue weighted by atomic mass is 9.98. The van der Waals surface area contributed by atoms with Gasteiger partial charge in [-0.25, -0.2) is 4.79 Å². The zero-order valence-electron chi connectivity index (χ0n) is 39.9. The smallest absolute Gasteiger partial charge is 0.330 e. The lowest BCUT2D eigenvalue weighted by Crippen LogP contribution is -2.29. The highest BCUT2D eigenvalue weighted by atomic mass is 35.5. The van der Waals surface area contributed by atoms with Crippen LogP contribution in [0.2, 0.25) is 5.02 Å². The van der Waals surface area contributed by atoms with Gasteiger partial charge in [0.2, 0.25) is 0 Å². The first-order valence-corrected chi connectivity index (χ1v) is 24.2. The molecule has 8 aromatic rings. The maximum Gasteiger partial charge on any atom is 0.330 e. The number of aromatic nitrogens is 7. The fraction of sp³-hybridized carbons (Fsp3) is 0.327. The molecule has 0 amide bonds. The number of thiophene rings is 1. The molecule has 70 heavy (non-hydrogen) atoms. The Balaban J connectivity index is 0.880. The van der Waals surface area contributed by atoms with E-state index >= 15 is 0 Å². The minimum Gasteiger partial charge on any atom is -0.496 e. The minimum absolute atomic E-state index is 0.0433. The molecule has 0 N–H and O–H groups in total. The number of carbonyl (C=O) groups excluding carboxylic acids is 3. The van der Waals surface area contributed by atoms with E-state index < -0.39 is 18.1 Å². The topological polar surface area (TPSA) is 188 Å². The van der Waals surface area contributed by atoms with Gasteiger partial charge in [0.25, 0.3) is 0 Å². The van der Waals surface area contributed by atoms with Crippen LogP contribution in [-0.4, -0.2) is 84.5 Å². The average Bonchev–Trinajstić information content (AvgIpc) is 4.07. The zero-order chi connectivity index (χ0) is 49.4. The molecule has 16 nitrogen and oxygen atoms in total. The van der Waals surface area contributed by atoms with Crippen LogP contribution in [-0.2, 0) is 25.6 Å². The number of aryl methyl sites for hydroxylation is 3. The number of halogens is 1. The van der Waals surface area contributed by atoms with Gasteiger partial charge in [-0.3, -0.25) is 43.0 Å². The highest BCUT2D eigenvalue weighted by molar-refractivity contribution is 7.17. The van der Waals surface area contributed by atoms with Crippen molar-refractivity contribution in [3.63, 3.8) is 0 Å². The van der Waals surface area contributed by atoms with Gasteiger partial charge in [0.1, 0.15) is 28.4 Å². The molecule has 2 unspecified atom stereocenters. The van der Waals surface area contributed by atoms with Crippen molar-refractivity contribution >= 4 is 68.1 Å². The lowest BCUT2D eigenvalue weighted by molar-refractivity contribution is -0.141. The molecule has 0 saturated heterocycles. The highest BCUT2D eigenvalue weighted by Gasteiger charge is 2.34. The molecular weight excluding hydrogens is 932 g/mol. The van der Waals surface area contributed by atoms with E-state index in [9.17, 15) is 19.2 Å². The van der Waals surface area contributed by atoms with E-state index in [0.29, 0.717) is 86.7 Å². The number of ether oxygens (including phenoxy) is 3. The molecule has 0 radical (unpaired) electrons. The van der Waals surface area contributed by atoms with Crippen LogP contribution in [0.5, 0.6) is 5.75 Å². The molecule has 2 aromatic carbocycles. The van der Waals surface area contributed by atoms with E-state index in [1.165, 1.54) is 23.0 Å². The Morgan fingerprint density at radius 2 is 1.71 bits per heavy atom. The number of benzene rings is 2. The molecular formula is C52H51ClN8O8S. The first-order chi connectivity index (χ1) is 33.8.